The third-order valence-electron chi connectivity index (χ3n) is 3.99. The van der Waals surface area contributed by atoms with Crippen molar-refractivity contribution >= 4 is 23.7 Å². The Labute approximate surface area is 163 Å². The molecule has 3 atom stereocenters. The van der Waals surface area contributed by atoms with Gasteiger partial charge in [-0.3, -0.25) is 19.2 Å². The second-order valence-electron chi connectivity index (χ2n) is 6.44. The van der Waals surface area contributed by atoms with Gasteiger partial charge in [0, 0.05) is 13.3 Å². The molecule has 0 saturated heterocycles. The predicted octanol–water partition coefficient (Wildman–Crippen LogP) is 0.432. The summed E-state index contributed by atoms with van der Waals surface area (Å²) in [6.07, 6.45) is 0.0495. The van der Waals surface area contributed by atoms with E-state index in [4.69, 9.17) is 10.5 Å². The van der Waals surface area contributed by atoms with Gasteiger partial charge in [-0.25, -0.2) is 4.39 Å². The zero-order valence-electron chi connectivity index (χ0n) is 16.2. The average Bonchev–Trinajstić information content (AvgIpc) is 2.61. The van der Waals surface area contributed by atoms with Crippen LogP contribution in [0.2, 0.25) is 0 Å². The van der Waals surface area contributed by atoms with Crippen molar-refractivity contribution in [3.05, 3.63) is 35.6 Å². The highest BCUT2D eigenvalue weighted by Crippen LogP contribution is 2.10. The number of hydrogen-bond donors (Lipinski definition) is 3. The number of nitrogens with one attached hydrogen (secondary N) is 2. The molecule has 9 heteroatoms. The van der Waals surface area contributed by atoms with Crippen LogP contribution in [0, 0.1) is 11.7 Å². The molecule has 0 fully saturated rings. The molecule has 0 aromatic heterocycles. The van der Waals surface area contributed by atoms with Gasteiger partial charge in [0.05, 0.1) is 12.5 Å². The van der Waals surface area contributed by atoms with Crippen molar-refractivity contribution in [3.63, 3.8) is 0 Å². The molecule has 28 heavy (non-hydrogen) atoms. The largest absolute Gasteiger partial charge is 0.466 e. The van der Waals surface area contributed by atoms with Crippen LogP contribution in [0.5, 0.6) is 0 Å². The Kier molecular flexibility index (Phi) is 9.07. The number of nitrogens with two attached hydrogens (primary N) is 1. The Hall–Kier alpha value is -2.97. The van der Waals surface area contributed by atoms with Crippen LogP contribution in [-0.4, -0.2) is 42.4 Å². The van der Waals surface area contributed by atoms with Gasteiger partial charge in [0.25, 0.3) is 0 Å². The van der Waals surface area contributed by atoms with Gasteiger partial charge in [-0.1, -0.05) is 19.1 Å². The van der Waals surface area contributed by atoms with Crippen LogP contribution in [0.15, 0.2) is 24.3 Å². The molecule has 8 nitrogen and oxygen atoms in total. The molecule has 0 spiro atoms. The maximum atomic E-state index is 13.1. The minimum absolute atomic E-state index is 0.0384. The van der Waals surface area contributed by atoms with E-state index >= 15 is 0 Å². The first kappa shape index (κ1) is 23.1. The maximum absolute atomic E-state index is 13.1. The fourth-order valence-corrected chi connectivity index (χ4v) is 2.56. The number of primary amides is 1. The van der Waals surface area contributed by atoms with Crippen LogP contribution in [-0.2, 0) is 30.3 Å². The number of hydrogen-bond acceptors (Lipinski definition) is 5. The zero-order chi connectivity index (χ0) is 21.3. The van der Waals surface area contributed by atoms with Crippen LogP contribution in [0.1, 0.15) is 32.8 Å². The van der Waals surface area contributed by atoms with Crippen molar-refractivity contribution in [1.82, 2.24) is 10.6 Å². The first-order valence-electron chi connectivity index (χ1n) is 8.91. The number of amides is 3. The van der Waals surface area contributed by atoms with Gasteiger partial charge in [0.2, 0.25) is 17.7 Å². The number of benzene rings is 1. The summed E-state index contributed by atoms with van der Waals surface area (Å²) in [6, 6.07) is 3.35. The molecular formula is C19H26FN3O5. The van der Waals surface area contributed by atoms with Crippen molar-refractivity contribution in [3.8, 4) is 0 Å². The average molecular weight is 395 g/mol. The van der Waals surface area contributed by atoms with Gasteiger partial charge < -0.3 is 21.1 Å². The lowest BCUT2D eigenvalue weighted by Gasteiger charge is -2.23. The molecule has 1 aromatic carbocycles. The summed E-state index contributed by atoms with van der Waals surface area (Å²) in [5.74, 6) is -3.49. The van der Waals surface area contributed by atoms with Crippen molar-refractivity contribution < 1.29 is 28.3 Å². The highest BCUT2D eigenvalue weighted by Gasteiger charge is 2.28. The molecule has 0 aliphatic heterocycles. The highest BCUT2D eigenvalue weighted by molar-refractivity contribution is 5.91. The van der Waals surface area contributed by atoms with Crippen LogP contribution in [0.3, 0.4) is 0 Å². The van der Waals surface area contributed by atoms with Crippen LogP contribution >= 0.6 is 0 Å². The van der Waals surface area contributed by atoms with E-state index in [1.807, 2.05) is 0 Å². The van der Waals surface area contributed by atoms with E-state index in [0.717, 1.165) is 0 Å². The zero-order valence-corrected chi connectivity index (χ0v) is 16.2. The Morgan fingerprint density at radius 2 is 1.71 bits per heavy atom. The number of rotatable bonds is 10. The fourth-order valence-electron chi connectivity index (χ4n) is 2.56. The number of halogens is 1. The first-order valence-corrected chi connectivity index (χ1v) is 8.91. The lowest BCUT2D eigenvalue weighted by molar-refractivity contribution is -0.148. The molecule has 0 radical (unpaired) electrons. The molecular weight excluding hydrogens is 369 g/mol. The van der Waals surface area contributed by atoms with E-state index in [1.54, 1.807) is 13.8 Å². The van der Waals surface area contributed by atoms with Crippen LogP contribution in [0.25, 0.3) is 0 Å². The molecule has 3 amide bonds. The summed E-state index contributed by atoms with van der Waals surface area (Å²) in [4.78, 5) is 47.6. The summed E-state index contributed by atoms with van der Waals surface area (Å²) in [7, 11) is 0. The van der Waals surface area contributed by atoms with Gasteiger partial charge in [-0.2, -0.15) is 0 Å². The van der Waals surface area contributed by atoms with Crippen molar-refractivity contribution in [2.24, 2.45) is 11.7 Å². The van der Waals surface area contributed by atoms with Gasteiger partial charge in [0.15, 0.2) is 0 Å². The second-order valence-corrected chi connectivity index (χ2v) is 6.44. The summed E-state index contributed by atoms with van der Waals surface area (Å²) < 4.78 is 17.9. The minimum atomic E-state index is -1.11. The van der Waals surface area contributed by atoms with E-state index in [2.05, 4.69) is 10.6 Å². The van der Waals surface area contributed by atoms with E-state index < -0.39 is 47.5 Å². The molecule has 1 aromatic rings. The smallest absolute Gasteiger partial charge is 0.308 e. The monoisotopic (exact) mass is 395 g/mol. The van der Waals surface area contributed by atoms with Crippen molar-refractivity contribution in [1.29, 1.82) is 0 Å². The molecule has 0 saturated carbocycles. The third kappa shape index (κ3) is 7.73. The summed E-state index contributed by atoms with van der Waals surface area (Å²) in [5, 5.41) is 4.97. The number of ether oxygens (including phenoxy) is 1. The lowest BCUT2D eigenvalue weighted by Crippen LogP contribution is -2.54. The first-order chi connectivity index (χ1) is 13.1. The molecule has 0 aliphatic carbocycles. The van der Waals surface area contributed by atoms with E-state index in [-0.39, 0.29) is 19.4 Å². The molecule has 4 N–H and O–H groups in total. The third-order valence-corrected chi connectivity index (χ3v) is 3.99. The summed E-state index contributed by atoms with van der Waals surface area (Å²) in [5.41, 5.74) is 5.96. The second kappa shape index (κ2) is 11.0. The number of carbonyl (C=O) groups is 4. The Morgan fingerprint density at radius 3 is 2.21 bits per heavy atom. The van der Waals surface area contributed by atoms with E-state index in [9.17, 15) is 23.6 Å². The minimum Gasteiger partial charge on any atom is -0.466 e. The molecule has 0 heterocycles. The Balaban J connectivity index is 2.86. The molecule has 0 bridgehead atoms. The van der Waals surface area contributed by atoms with Gasteiger partial charge in [-0.15, -0.1) is 0 Å². The Bertz CT molecular complexity index is 708. The maximum Gasteiger partial charge on any atom is 0.308 e. The van der Waals surface area contributed by atoms with Gasteiger partial charge in [-0.05, 0) is 31.0 Å². The van der Waals surface area contributed by atoms with Gasteiger partial charge in [0.1, 0.15) is 17.9 Å². The van der Waals surface area contributed by atoms with Crippen LogP contribution < -0.4 is 16.4 Å². The fraction of sp³-hybridized carbons (Fsp3) is 0.474. The topological polar surface area (TPSA) is 128 Å². The van der Waals surface area contributed by atoms with Crippen molar-refractivity contribution in [2.45, 2.75) is 45.7 Å². The molecule has 0 aliphatic rings. The number of esters is 1. The number of carbonyl (C=O) groups excluding carboxylic acids is 4. The normalized spacial score (nSPS) is 13.7. The SMILES string of the molecule is CCOC(=O)[C@H](C)C[C@H](NC(=O)[C@H](Cc1ccc(F)cc1)NC(C)=O)C(N)=O. The lowest BCUT2D eigenvalue weighted by atomic mass is 10.00. The molecule has 1 rings (SSSR count). The molecule has 0 unspecified atom stereocenters. The highest BCUT2D eigenvalue weighted by atomic mass is 19.1. The van der Waals surface area contributed by atoms with Gasteiger partial charge >= 0.3 is 5.97 Å². The standard InChI is InChI=1S/C19H26FN3O5/c1-4-28-19(27)11(2)9-15(17(21)25)23-18(26)16(22-12(3)24)10-13-5-7-14(20)8-6-13/h5-8,11,15-16H,4,9-10H2,1-3H3,(H2,21,25)(H,22,24)(H,23,26)/t11-,15+,16+/m1/s1. The van der Waals surface area contributed by atoms with E-state index in [1.165, 1.54) is 31.2 Å². The Morgan fingerprint density at radius 1 is 1.11 bits per heavy atom. The molecule has 154 valence electrons. The van der Waals surface area contributed by atoms with Crippen molar-refractivity contribution in [2.75, 3.05) is 6.61 Å². The summed E-state index contributed by atoms with van der Waals surface area (Å²) >= 11 is 0. The summed E-state index contributed by atoms with van der Waals surface area (Å²) in [6.45, 7) is 4.66. The predicted molar refractivity (Wildman–Crippen MR) is 99.2 cm³/mol. The quantitative estimate of drug-likeness (QED) is 0.495. The van der Waals surface area contributed by atoms with Crippen LogP contribution in [0.4, 0.5) is 4.39 Å². The van der Waals surface area contributed by atoms with E-state index in [0.29, 0.717) is 5.56 Å².